The Morgan fingerprint density at radius 3 is 2.40 bits per heavy atom. The van der Waals surface area contributed by atoms with E-state index in [4.69, 9.17) is 24.7 Å². The highest BCUT2D eigenvalue weighted by atomic mass is 79.9. The molecule has 0 saturated carbocycles. The predicted molar refractivity (Wildman–Crippen MR) is 78.8 cm³/mol. The van der Waals surface area contributed by atoms with Crippen LogP contribution < -0.4 is 10.5 Å². The van der Waals surface area contributed by atoms with Crippen LogP contribution in [0.25, 0.3) is 0 Å². The SMILES string of the molecule is COCCOCCOCCOc1ncc(Br)cc1CN. The van der Waals surface area contributed by atoms with Crippen molar-refractivity contribution in [2.45, 2.75) is 6.54 Å². The van der Waals surface area contributed by atoms with Crippen molar-refractivity contribution in [3.8, 4) is 5.88 Å². The van der Waals surface area contributed by atoms with Gasteiger partial charge in [-0.25, -0.2) is 4.98 Å². The fourth-order valence-electron chi connectivity index (χ4n) is 1.41. The highest BCUT2D eigenvalue weighted by Gasteiger charge is 2.04. The van der Waals surface area contributed by atoms with E-state index in [1.54, 1.807) is 13.3 Å². The van der Waals surface area contributed by atoms with E-state index >= 15 is 0 Å². The minimum Gasteiger partial charge on any atom is -0.475 e. The van der Waals surface area contributed by atoms with Gasteiger partial charge in [0, 0.05) is 29.9 Å². The van der Waals surface area contributed by atoms with Gasteiger partial charge < -0.3 is 24.7 Å². The van der Waals surface area contributed by atoms with E-state index in [2.05, 4.69) is 20.9 Å². The molecule has 1 aromatic rings. The lowest BCUT2D eigenvalue weighted by molar-refractivity contribution is 0.0176. The molecule has 0 radical (unpaired) electrons. The Hall–Kier alpha value is -0.730. The molecule has 7 heteroatoms. The van der Waals surface area contributed by atoms with Crippen LogP contribution in [-0.2, 0) is 20.8 Å². The molecule has 0 aromatic carbocycles. The fraction of sp³-hybridized carbons (Fsp3) is 0.615. The smallest absolute Gasteiger partial charge is 0.217 e. The Kier molecular flexibility index (Phi) is 9.52. The molecular formula is C13H21BrN2O4. The van der Waals surface area contributed by atoms with Crippen molar-refractivity contribution in [3.05, 3.63) is 22.3 Å². The molecule has 0 aliphatic rings. The first-order valence-corrected chi connectivity index (χ1v) is 7.19. The average Bonchev–Trinajstić information content (AvgIpc) is 2.46. The second-order valence-electron chi connectivity index (χ2n) is 3.89. The number of halogens is 1. The molecule has 0 unspecified atom stereocenters. The van der Waals surface area contributed by atoms with Gasteiger partial charge in [-0.15, -0.1) is 0 Å². The molecule has 0 saturated heterocycles. The second-order valence-corrected chi connectivity index (χ2v) is 4.80. The highest BCUT2D eigenvalue weighted by Crippen LogP contribution is 2.19. The minimum atomic E-state index is 0.385. The summed E-state index contributed by atoms with van der Waals surface area (Å²) in [6.45, 7) is 3.56. The van der Waals surface area contributed by atoms with Gasteiger partial charge in [-0.2, -0.15) is 0 Å². The third kappa shape index (κ3) is 7.16. The zero-order valence-electron chi connectivity index (χ0n) is 11.6. The molecule has 0 aliphatic heterocycles. The Morgan fingerprint density at radius 1 is 1.10 bits per heavy atom. The van der Waals surface area contributed by atoms with Gasteiger partial charge in [-0.3, -0.25) is 0 Å². The topological polar surface area (TPSA) is 75.8 Å². The van der Waals surface area contributed by atoms with Gasteiger partial charge >= 0.3 is 0 Å². The number of methoxy groups -OCH3 is 1. The number of nitrogens with two attached hydrogens (primary N) is 1. The van der Waals surface area contributed by atoms with Crippen LogP contribution in [0.2, 0.25) is 0 Å². The molecular weight excluding hydrogens is 328 g/mol. The maximum atomic E-state index is 5.63. The largest absolute Gasteiger partial charge is 0.475 e. The number of aromatic nitrogens is 1. The molecule has 6 nitrogen and oxygen atoms in total. The average molecular weight is 349 g/mol. The van der Waals surface area contributed by atoms with Gasteiger partial charge in [0.2, 0.25) is 5.88 Å². The van der Waals surface area contributed by atoms with Crippen LogP contribution in [-0.4, -0.2) is 51.7 Å². The number of ether oxygens (including phenoxy) is 4. The number of pyridine rings is 1. The Balaban J connectivity index is 2.09. The van der Waals surface area contributed by atoms with E-state index in [-0.39, 0.29) is 0 Å². The third-order valence-corrected chi connectivity index (χ3v) is 2.82. The van der Waals surface area contributed by atoms with Crippen molar-refractivity contribution in [3.63, 3.8) is 0 Å². The minimum absolute atomic E-state index is 0.385. The van der Waals surface area contributed by atoms with Crippen molar-refractivity contribution in [2.24, 2.45) is 5.73 Å². The third-order valence-electron chi connectivity index (χ3n) is 2.38. The molecule has 1 rings (SSSR count). The molecule has 0 spiro atoms. The van der Waals surface area contributed by atoms with Crippen molar-refractivity contribution in [2.75, 3.05) is 46.8 Å². The predicted octanol–water partition coefficient (Wildman–Crippen LogP) is 1.36. The van der Waals surface area contributed by atoms with Crippen molar-refractivity contribution < 1.29 is 18.9 Å². The first-order valence-electron chi connectivity index (χ1n) is 6.39. The second kappa shape index (κ2) is 11.0. The van der Waals surface area contributed by atoms with Crippen LogP contribution in [0.4, 0.5) is 0 Å². The van der Waals surface area contributed by atoms with Gasteiger partial charge in [0.05, 0.1) is 33.0 Å². The van der Waals surface area contributed by atoms with E-state index in [1.807, 2.05) is 6.07 Å². The van der Waals surface area contributed by atoms with Gasteiger partial charge in [0.25, 0.3) is 0 Å². The summed E-state index contributed by atoms with van der Waals surface area (Å²) in [6, 6.07) is 1.90. The fourth-order valence-corrected chi connectivity index (χ4v) is 1.79. The molecule has 0 bridgehead atoms. The zero-order chi connectivity index (χ0) is 14.6. The molecule has 1 aromatic heterocycles. The first-order chi connectivity index (χ1) is 9.77. The molecule has 1 heterocycles. The van der Waals surface area contributed by atoms with Gasteiger partial charge in [-0.1, -0.05) is 0 Å². The summed E-state index contributed by atoms with van der Waals surface area (Å²) in [7, 11) is 1.64. The number of hydrogen-bond acceptors (Lipinski definition) is 6. The zero-order valence-corrected chi connectivity index (χ0v) is 13.2. The monoisotopic (exact) mass is 348 g/mol. The molecule has 114 valence electrons. The lowest BCUT2D eigenvalue weighted by atomic mass is 10.3. The Morgan fingerprint density at radius 2 is 1.75 bits per heavy atom. The van der Waals surface area contributed by atoms with Crippen LogP contribution in [0.5, 0.6) is 5.88 Å². The van der Waals surface area contributed by atoms with E-state index in [9.17, 15) is 0 Å². The Labute approximate surface area is 127 Å². The summed E-state index contributed by atoms with van der Waals surface area (Å²) in [5, 5.41) is 0. The number of nitrogens with zero attached hydrogens (tertiary/aromatic N) is 1. The van der Waals surface area contributed by atoms with Crippen molar-refractivity contribution in [1.82, 2.24) is 4.98 Å². The van der Waals surface area contributed by atoms with Gasteiger partial charge in [-0.05, 0) is 22.0 Å². The van der Waals surface area contributed by atoms with Crippen LogP contribution in [0.15, 0.2) is 16.7 Å². The molecule has 0 fully saturated rings. The summed E-state index contributed by atoms with van der Waals surface area (Å²) in [6.07, 6.45) is 1.68. The summed E-state index contributed by atoms with van der Waals surface area (Å²) in [5.41, 5.74) is 6.49. The summed E-state index contributed by atoms with van der Waals surface area (Å²) < 4.78 is 21.9. The van der Waals surface area contributed by atoms with Crippen LogP contribution >= 0.6 is 15.9 Å². The van der Waals surface area contributed by atoms with Crippen molar-refractivity contribution >= 4 is 15.9 Å². The van der Waals surface area contributed by atoms with Crippen LogP contribution in [0.3, 0.4) is 0 Å². The van der Waals surface area contributed by atoms with Gasteiger partial charge in [0.1, 0.15) is 6.61 Å². The number of rotatable bonds is 11. The van der Waals surface area contributed by atoms with Crippen LogP contribution in [0.1, 0.15) is 5.56 Å². The van der Waals surface area contributed by atoms with Crippen LogP contribution in [0, 0.1) is 0 Å². The lowest BCUT2D eigenvalue weighted by Gasteiger charge is -2.10. The lowest BCUT2D eigenvalue weighted by Crippen LogP contribution is -2.13. The molecule has 0 amide bonds. The maximum Gasteiger partial charge on any atom is 0.217 e. The van der Waals surface area contributed by atoms with E-state index in [0.717, 1.165) is 10.0 Å². The molecule has 0 aliphatic carbocycles. The van der Waals surface area contributed by atoms with Gasteiger partial charge in [0.15, 0.2) is 0 Å². The summed E-state index contributed by atoms with van der Waals surface area (Å²) in [5.74, 6) is 0.552. The standard InChI is InChI=1S/C13H21BrN2O4/c1-17-2-3-18-4-5-19-6-7-20-13-11(9-15)8-12(14)10-16-13/h8,10H,2-7,9,15H2,1H3. The quantitative estimate of drug-likeness (QED) is 0.608. The van der Waals surface area contributed by atoms with E-state index in [0.29, 0.717) is 52.1 Å². The summed E-state index contributed by atoms with van der Waals surface area (Å²) in [4.78, 5) is 4.17. The summed E-state index contributed by atoms with van der Waals surface area (Å²) >= 11 is 3.34. The Bertz CT molecular complexity index is 379. The highest BCUT2D eigenvalue weighted by molar-refractivity contribution is 9.10. The normalized spacial score (nSPS) is 10.8. The van der Waals surface area contributed by atoms with E-state index in [1.165, 1.54) is 0 Å². The van der Waals surface area contributed by atoms with E-state index < -0.39 is 0 Å². The molecule has 0 atom stereocenters. The molecule has 2 N–H and O–H groups in total. The molecule has 20 heavy (non-hydrogen) atoms. The first kappa shape index (κ1) is 17.3. The number of hydrogen-bond donors (Lipinski definition) is 1. The van der Waals surface area contributed by atoms with Crippen molar-refractivity contribution in [1.29, 1.82) is 0 Å². The maximum absolute atomic E-state index is 5.63.